The van der Waals surface area contributed by atoms with Gasteiger partial charge in [-0.1, -0.05) is 71.5 Å². The van der Waals surface area contributed by atoms with Crippen LogP contribution in [0.2, 0.25) is 5.02 Å². The van der Waals surface area contributed by atoms with Gasteiger partial charge < -0.3 is 14.3 Å². The van der Waals surface area contributed by atoms with Crippen LogP contribution in [-0.2, 0) is 9.53 Å². The number of aromatic nitrogens is 1. The number of thioether (sulfide) groups is 1. The lowest BCUT2D eigenvalue weighted by atomic mass is 9.93. The van der Waals surface area contributed by atoms with E-state index in [1.165, 1.54) is 28.0 Å². The smallest absolute Gasteiger partial charge is 0.338 e. The van der Waals surface area contributed by atoms with Crippen LogP contribution in [0.25, 0.3) is 23.1 Å². The molecule has 0 fully saturated rings. The minimum Gasteiger partial charge on any atom is -0.478 e. The molecule has 3 aromatic carbocycles. The number of esters is 1. The van der Waals surface area contributed by atoms with Crippen LogP contribution in [0.1, 0.15) is 40.2 Å². The molecule has 0 bridgehead atoms. The van der Waals surface area contributed by atoms with Crippen LogP contribution in [-0.4, -0.2) is 34.5 Å². The molecular formula is C34H25ClN2O6S2. The largest absolute Gasteiger partial charge is 0.478 e. The number of thiazole rings is 1. The molecule has 0 saturated heterocycles. The maximum absolute atomic E-state index is 14.1. The lowest BCUT2D eigenvalue weighted by Crippen LogP contribution is -2.40. The molecule has 0 unspecified atom stereocenters. The Bertz CT molecular complexity index is 2150. The number of carbonyl (C=O) groups is 2. The fraction of sp³-hybridized carbons (Fsp3) is 0.118. The first kappa shape index (κ1) is 30.4. The number of aromatic carboxylic acids is 1. The second-order valence-electron chi connectivity index (χ2n) is 9.91. The number of benzene rings is 3. The number of hydrogen-bond acceptors (Lipinski definition) is 8. The molecule has 11 heteroatoms. The number of halogens is 1. The molecule has 8 nitrogen and oxygen atoms in total. The molecule has 0 amide bonds. The number of fused-ring (bicyclic) bond motifs is 1. The van der Waals surface area contributed by atoms with Crippen molar-refractivity contribution in [3.05, 3.63) is 138 Å². The molecule has 226 valence electrons. The molecule has 2 aromatic heterocycles. The third kappa shape index (κ3) is 5.92. The van der Waals surface area contributed by atoms with E-state index in [-0.39, 0.29) is 28.3 Å². The van der Waals surface area contributed by atoms with E-state index in [0.717, 1.165) is 16.0 Å². The van der Waals surface area contributed by atoms with Gasteiger partial charge in [-0.3, -0.25) is 9.36 Å². The highest BCUT2D eigenvalue weighted by Crippen LogP contribution is 2.36. The van der Waals surface area contributed by atoms with Gasteiger partial charge in [-0.15, -0.1) is 11.8 Å². The number of carboxylic acids is 1. The Balaban J connectivity index is 1.52. The lowest BCUT2D eigenvalue weighted by Gasteiger charge is -2.26. The van der Waals surface area contributed by atoms with Gasteiger partial charge >= 0.3 is 11.9 Å². The van der Waals surface area contributed by atoms with Gasteiger partial charge in [-0.2, -0.15) is 0 Å². The minimum atomic E-state index is -1.12. The summed E-state index contributed by atoms with van der Waals surface area (Å²) >= 11 is 8.95. The number of carboxylic acid groups (broad SMARTS) is 1. The molecule has 3 heterocycles. The Kier molecular flexibility index (Phi) is 8.62. The monoisotopic (exact) mass is 656 g/mol. The van der Waals surface area contributed by atoms with Crippen LogP contribution in [0.3, 0.4) is 0 Å². The topological polar surface area (TPSA) is 111 Å². The van der Waals surface area contributed by atoms with Gasteiger partial charge in [0.1, 0.15) is 11.5 Å². The third-order valence-corrected chi connectivity index (χ3v) is 9.23. The Labute approximate surface area is 270 Å². The van der Waals surface area contributed by atoms with Crippen LogP contribution in [0.15, 0.2) is 110 Å². The van der Waals surface area contributed by atoms with Gasteiger partial charge in [0.2, 0.25) is 0 Å². The average molecular weight is 657 g/mol. The van der Waals surface area contributed by atoms with E-state index in [1.807, 2.05) is 60.9 Å². The van der Waals surface area contributed by atoms with Gasteiger partial charge in [-0.05, 0) is 55.1 Å². The van der Waals surface area contributed by atoms with Gasteiger partial charge in [0.25, 0.3) is 5.56 Å². The van der Waals surface area contributed by atoms with E-state index in [1.54, 1.807) is 43.0 Å². The molecule has 1 aliphatic rings. The van der Waals surface area contributed by atoms with E-state index in [2.05, 4.69) is 0 Å². The number of hydrogen-bond donors (Lipinski definition) is 1. The van der Waals surface area contributed by atoms with Crippen LogP contribution in [0.5, 0.6) is 0 Å². The molecule has 1 atom stereocenters. The number of carbonyl (C=O) groups excluding carboxylic acids is 1. The summed E-state index contributed by atoms with van der Waals surface area (Å²) < 4.78 is 13.4. The molecule has 0 saturated carbocycles. The van der Waals surface area contributed by atoms with Crippen molar-refractivity contribution in [3.63, 3.8) is 0 Å². The molecule has 0 spiro atoms. The Morgan fingerprint density at radius 2 is 1.82 bits per heavy atom. The highest BCUT2D eigenvalue weighted by atomic mass is 35.5. The summed E-state index contributed by atoms with van der Waals surface area (Å²) in [5, 5.41) is 9.37. The molecule has 1 N–H and O–H groups in total. The van der Waals surface area contributed by atoms with Crippen molar-refractivity contribution in [2.24, 2.45) is 4.99 Å². The summed E-state index contributed by atoms with van der Waals surface area (Å²) in [5.41, 5.74) is 2.44. The van der Waals surface area contributed by atoms with E-state index in [0.29, 0.717) is 32.1 Å². The molecule has 0 radical (unpaired) electrons. The van der Waals surface area contributed by atoms with Crippen molar-refractivity contribution < 1.29 is 23.8 Å². The molecule has 1 aliphatic heterocycles. The normalized spacial score (nSPS) is 14.6. The summed E-state index contributed by atoms with van der Waals surface area (Å²) in [6.45, 7) is 1.91. The molecule has 45 heavy (non-hydrogen) atoms. The van der Waals surface area contributed by atoms with Gasteiger partial charge in [-0.25, -0.2) is 14.6 Å². The number of furan rings is 1. The van der Waals surface area contributed by atoms with Crippen molar-refractivity contribution in [1.29, 1.82) is 0 Å². The molecule has 5 aromatic rings. The van der Waals surface area contributed by atoms with Gasteiger partial charge in [0.05, 0.1) is 39.0 Å². The first-order valence-corrected chi connectivity index (χ1v) is 16.3. The minimum absolute atomic E-state index is 0.0111. The maximum Gasteiger partial charge on any atom is 0.338 e. The summed E-state index contributed by atoms with van der Waals surface area (Å²) in [5.74, 6) is -0.809. The highest BCUT2D eigenvalue weighted by molar-refractivity contribution is 7.98. The Morgan fingerprint density at radius 1 is 1.07 bits per heavy atom. The Hall–Kier alpha value is -4.64. The van der Waals surface area contributed by atoms with Crippen molar-refractivity contribution in [3.8, 4) is 11.3 Å². The van der Waals surface area contributed by atoms with Crippen molar-refractivity contribution in [2.75, 3.05) is 12.9 Å². The molecular weight excluding hydrogens is 632 g/mol. The van der Waals surface area contributed by atoms with E-state index < -0.39 is 18.0 Å². The average Bonchev–Trinajstić information content (AvgIpc) is 3.64. The fourth-order valence-corrected chi connectivity index (χ4v) is 6.75. The van der Waals surface area contributed by atoms with E-state index in [9.17, 15) is 19.5 Å². The zero-order valence-corrected chi connectivity index (χ0v) is 26.4. The number of rotatable bonds is 8. The second-order valence-corrected chi connectivity index (χ2v) is 12.2. The standard InChI is InChI=1S/C34H25ClN2O6S2/c1-3-42-33(41)28-29(19-7-5-4-6-8-19)36-34-37(30(28)20-9-13-23(44-2)14-10-20)31(38)27(45-34)18-22-12-16-26(43-22)21-11-15-24(32(39)40)25(35)17-21/h4-18,30H,3H2,1-2H3,(H,39,40)/b27-18-/t30-/m0/s1. The van der Waals surface area contributed by atoms with Crippen molar-refractivity contribution in [1.82, 2.24) is 4.57 Å². The molecule has 0 aliphatic carbocycles. The Morgan fingerprint density at radius 3 is 2.49 bits per heavy atom. The van der Waals surface area contributed by atoms with Gasteiger partial charge in [0, 0.05) is 22.1 Å². The SMILES string of the molecule is CCOC(=O)C1=C(c2ccccc2)N=c2s/c(=C\c3ccc(-c4ccc(C(=O)O)c(Cl)c4)o3)c(=O)n2[C@H]1c1ccc(SC)cc1. The summed E-state index contributed by atoms with van der Waals surface area (Å²) in [6.07, 6.45) is 3.61. The van der Waals surface area contributed by atoms with Crippen molar-refractivity contribution in [2.45, 2.75) is 17.9 Å². The van der Waals surface area contributed by atoms with E-state index >= 15 is 0 Å². The maximum atomic E-state index is 14.1. The first-order valence-electron chi connectivity index (χ1n) is 13.8. The first-order chi connectivity index (χ1) is 21.8. The fourth-order valence-electron chi connectivity index (χ4n) is 5.10. The zero-order valence-electron chi connectivity index (χ0n) is 24.0. The highest BCUT2D eigenvalue weighted by Gasteiger charge is 2.35. The van der Waals surface area contributed by atoms with E-state index in [4.69, 9.17) is 25.7 Å². The summed E-state index contributed by atoms with van der Waals surface area (Å²) in [7, 11) is 0. The summed E-state index contributed by atoms with van der Waals surface area (Å²) in [4.78, 5) is 45.4. The summed E-state index contributed by atoms with van der Waals surface area (Å²) in [6, 6.07) is 24.3. The van der Waals surface area contributed by atoms with Crippen LogP contribution in [0.4, 0.5) is 0 Å². The predicted octanol–water partition coefficient (Wildman–Crippen LogP) is 6.27. The van der Waals surface area contributed by atoms with Crippen molar-refractivity contribution >= 4 is 58.4 Å². The lowest BCUT2D eigenvalue weighted by molar-refractivity contribution is -0.138. The van der Waals surface area contributed by atoms with Crippen LogP contribution >= 0.6 is 34.7 Å². The second kappa shape index (κ2) is 12.8. The van der Waals surface area contributed by atoms with Gasteiger partial charge in [0.15, 0.2) is 4.80 Å². The van der Waals surface area contributed by atoms with Crippen LogP contribution < -0.4 is 14.9 Å². The number of ether oxygens (including phenoxy) is 1. The zero-order chi connectivity index (χ0) is 31.7. The predicted molar refractivity (Wildman–Crippen MR) is 175 cm³/mol. The number of nitrogens with zero attached hydrogens (tertiary/aromatic N) is 2. The van der Waals surface area contributed by atoms with Crippen LogP contribution in [0, 0.1) is 0 Å². The quantitative estimate of drug-likeness (QED) is 0.155. The molecule has 6 rings (SSSR count). The third-order valence-electron chi connectivity index (χ3n) is 7.19.